The van der Waals surface area contributed by atoms with Crippen molar-refractivity contribution in [3.8, 4) is 5.75 Å². The van der Waals surface area contributed by atoms with Gasteiger partial charge in [0.05, 0.1) is 7.11 Å². The van der Waals surface area contributed by atoms with E-state index in [1.54, 1.807) is 25.3 Å². The van der Waals surface area contributed by atoms with Crippen molar-refractivity contribution in [1.29, 1.82) is 0 Å². The van der Waals surface area contributed by atoms with Crippen LogP contribution in [0.15, 0.2) is 18.2 Å². The first-order valence-corrected chi connectivity index (χ1v) is 5.20. The van der Waals surface area contributed by atoms with Crippen LogP contribution in [0.3, 0.4) is 0 Å². The van der Waals surface area contributed by atoms with E-state index in [0.29, 0.717) is 17.0 Å². The van der Waals surface area contributed by atoms with Gasteiger partial charge in [0, 0.05) is 23.2 Å². The number of ketones is 1. The second-order valence-electron chi connectivity index (χ2n) is 3.95. The van der Waals surface area contributed by atoms with Gasteiger partial charge in [0.2, 0.25) is 0 Å². The Kier molecular flexibility index (Phi) is 2.62. The predicted molar refractivity (Wildman–Crippen MR) is 59.1 cm³/mol. The highest BCUT2D eigenvalue weighted by molar-refractivity contribution is 6.02. The van der Waals surface area contributed by atoms with Crippen molar-refractivity contribution in [2.24, 2.45) is 5.92 Å². The van der Waals surface area contributed by atoms with Crippen molar-refractivity contribution >= 4 is 11.5 Å². The minimum Gasteiger partial charge on any atom is -0.497 e. The Bertz CT molecular complexity index is 383. The van der Waals surface area contributed by atoms with Crippen LogP contribution in [0, 0.1) is 5.92 Å². The van der Waals surface area contributed by atoms with Crippen molar-refractivity contribution < 1.29 is 9.53 Å². The smallest absolute Gasteiger partial charge is 0.168 e. The number of nitrogens with two attached hydrogens (primary N) is 1. The zero-order valence-electron chi connectivity index (χ0n) is 8.82. The third-order valence-electron chi connectivity index (χ3n) is 3.00. The number of carbonyl (C=O) groups is 1. The van der Waals surface area contributed by atoms with Gasteiger partial charge in [0.1, 0.15) is 5.75 Å². The molecule has 0 unspecified atom stereocenters. The summed E-state index contributed by atoms with van der Waals surface area (Å²) in [4.78, 5) is 11.9. The van der Waals surface area contributed by atoms with Crippen molar-refractivity contribution in [2.45, 2.75) is 19.3 Å². The van der Waals surface area contributed by atoms with Crippen LogP contribution < -0.4 is 10.5 Å². The molecule has 0 spiro atoms. The number of hydrogen-bond acceptors (Lipinski definition) is 3. The maximum Gasteiger partial charge on any atom is 0.168 e. The number of benzene rings is 1. The molecule has 80 valence electrons. The summed E-state index contributed by atoms with van der Waals surface area (Å²) in [6.45, 7) is 0. The molecule has 1 saturated carbocycles. The molecule has 0 amide bonds. The van der Waals surface area contributed by atoms with E-state index in [1.165, 1.54) is 0 Å². The Labute approximate surface area is 89.2 Å². The minimum absolute atomic E-state index is 0.182. The van der Waals surface area contributed by atoms with Crippen LogP contribution >= 0.6 is 0 Å². The second-order valence-corrected chi connectivity index (χ2v) is 3.95. The summed E-state index contributed by atoms with van der Waals surface area (Å²) in [5.41, 5.74) is 6.97. The van der Waals surface area contributed by atoms with E-state index in [4.69, 9.17) is 10.5 Å². The molecule has 1 aliphatic carbocycles. The van der Waals surface area contributed by atoms with Crippen LogP contribution in [0.1, 0.15) is 29.6 Å². The van der Waals surface area contributed by atoms with Gasteiger partial charge in [-0.05, 0) is 25.0 Å². The molecule has 0 heterocycles. The van der Waals surface area contributed by atoms with Gasteiger partial charge in [-0.15, -0.1) is 0 Å². The van der Waals surface area contributed by atoms with Gasteiger partial charge in [0.15, 0.2) is 5.78 Å². The van der Waals surface area contributed by atoms with Crippen molar-refractivity contribution in [2.75, 3.05) is 12.8 Å². The second kappa shape index (κ2) is 3.93. The Morgan fingerprint density at radius 3 is 2.67 bits per heavy atom. The summed E-state index contributed by atoms with van der Waals surface area (Å²) in [5.74, 6) is 1.07. The molecule has 0 saturated heterocycles. The largest absolute Gasteiger partial charge is 0.497 e. The van der Waals surface area contributed by atoms with Gasteiger partial charge >= 0.3 is 0 Å². The minimum atomic E-state index is 0.182. The molecule has 3 nitrogen and oxygen atoms in total. The number of rotatable bonds is 3. The molecule has 1 aromatic rings. The topological polar surface area (TPSA) is 52.3 Å². The number of methoxy groups -OCH3 is 1. The first-order chi connectivity index (χ1) is 7.22. The van der Waals surface area contributed by atoms with E-state index in [9.17, 15) is 4.79 Å². The number of carbonyl (C=O) groups excluding carboxylic acids is 1. The fourth-order valence-electron chi connectivity index (χ4n) is 1.78. The zero-order valence-corrected chi connectivity index (χ0v) is 8.82. The molecule has 2 rings (SSSR count). The Hall–Kier alpha value is -1.51. The van der Waals surface area contributed by atoms with Crippen LogP contribution in [0.4, 0.5) is 5.69 Å². The monoisotopic (exact) mass is 205 g/mol. The molecular formula is C12H15NO2. The Morgan fingerprint density at radius 2 is 2.20 bits per heavy atom. The molecule has 0 aromatic heterocycles. The highest BCUT2D eigenvalue weighted by atomic mass is 16.5. The molecule has 15 heavy (non-hydrogen) atoms. The predicted octanol–water partition coefficient (Wildman–Crippen LogP) is 2.26. The van der Waals surface area contributed by atoms with Crippen LogP contribution in [0.2, 0.25) is 0 Å². The lowest BCUT2D eigenvalue weighted by Crippen LogP contribution is -2.22. The molecule has 1 aliphatic rings. The number of anilines is 1. The highest BCUT2D eigenvalue weighted by Gasteiger charge is 2.27. The van der Waals surface area contributed by atoms with Crippen LogP contribution in [-0.2, 0) is 0 Å². The summed E-state index contributed by atoms with van der Waals surface area (Å²) in [7, 11) is 1.59. The summed E-state index contributed by atoms with van der Waals surface area (Å²) in [6, 6.07) is 5.24. The lowest BCUT2D eigenvalue weighted by molar-refractivity contribution is 0.0856. The van der Waals surface area contributed by atoms with E-state index in [0.717, 1.165) is 19.3 Å². The highest BCUT2D eigenvalue weighted by Crippen LogP contribution is 2.32. The summed E-state index contributed by atoms with van der Waals surface area (Å²) < 4.78 is 5.04. The quantitative estimate of drug-likeness (QED) is 0.608. The summed E-state index contributed by atoms with van der Waals surface area (Å²) >= 11 is 0. The average Bonchev–Trinajstić information content (AvgIpc) is 2.14. The van der Waals surface area contributed by atoms with Crippen LogP contribution in [0.25, 0.3) is 0 Å². The van der Waals surface area contributed by atoms with E-state index in [2.05, 4.69) is 0 Å². The Balaban J connectivity index is 2.24. The number of hydrogen-bond donors (Lipinski definition) is 1. The normalized spacial score (nSPS) is 15.8. The summed E-state index contributed by atoms with van der Waals surface area (Å²) in [6.07, 6.45) is 3.17. The molecule has 2 N–H and O–H groups in total. The standard InChI is InChI=1S/C12H15NO2/c1-15-9-5-6-10(11(13)7-9)12(14)8-3-2-4-8/h5-8H,2-4,13H2,1H3. The first kappa shape index (κ1) is 10.0. The molecule has 0 atom stereocenters. The van der Waals surface area contributed by atoms with Gasteiger partial charge in [-0.2, -0.15) is 0 Å². The maximum atomic E-state index is 11.9. The van der Waals surface area contributed by atoms with Crippen LogP contribution in [0.5, 0.6) is 5.75 Å². The molecular weight excluding hydrogens is 190 g/mol. The molecule has 0 aliphatic heterocycles. The third-order valence-corrected chi connectivity index (χ3v) is 3.00. The van der Waals surface area contributed by atoms with Crippen molar-refractivity contribution in [3.63, 3.8) is 0 Å². The lowest BCUT2D eigenvalue weighted by atomic mass is 9.79. The van der Waals surface area contributed by atoms with E-state index in [1.807, 2.05) is 0 Å². The lowest BCUT2D eigenvalue weighted by Gasteiger charge is -2.24. The van der Waals surface area contributed by atoms with E-state index < -0.39 is 0 Å². The first-order valence-electron chi connectivity index (χ1n) is 5.20. The van der Waals surface area contributed by atoms with Gasteiger partial charge in [0.25, 0.3) is 0 Å². The molecule has 0 bridgehead atoms. The molecule has 1 fully saturated rings. The van der Waals surface area contributed by atoms with E-state index >= 15 is 0 Å². The third kappa shape index (κ3) is 1.82. The maximum absolute atomic E-state index is 11.9. The molecule has 0 radical (unpaired) electrons. The SMILES string of the molecule is COc1ccc(C(=O)C2CCC2)c(N)c1. The molecule has 1 aromatic carbocycles. The number of nitrogen functional groups attached to an aromatic ring is 1. The number of ether oxygens (including phenoxy) is 1. The molecule has 3 heteroatoms. The van der Waals surface area contributed by atoms with Crippen molar-refractivity contribution in [3.05, 3.63) is 23.8 Å². The number of Topliss-reactive ketones (excluding diaryl/α,β-unsaturated/α-hetero) is 1. The van der Waals surface area contributed by atoms with Gasteiger partial charge < -0.3 is 10.5 Å². The Morgan fingerprint density at radius 1 is 1.47 bits per heavy atom. The zero-order chi connectivity index (χ0) is 10.8. The van der Waals surface area contributed by atoms with Gasteiger partial charge in [-0.3, -0.25) is 4.79 Å². The van der Waals surface area contributed by atoms with Gasteiger partial charge in [-0.25, -0.2) is 0 Å². The van der Waals surface area contributed by atoms with Crippen LogP contribution in [-0.4, -0.2) is 12.9 Å². The summed E-state index contributed by atoms with van der Waals surface area (Å²) in [5, 5.41) is 0. The fraction of sp³-hybridized carbons (Fsp3) is 0.417. The van der Waals surface area contributed by atoms with Gasteiger partial charge in [-0.1, -0.05) is 6.42 Å². The van der Waals surface area contributed by atoms with Crippen molar-refractivity contribution in [1.82, 2.24) is 0 Å². The van der Waals surface area contributed by atoms with E-state index in [-0.39, 0.29) is 11.7 Å². The fourth-order valence-corrected chi connectivity index (χ4v) is 1.78. The average molecular weight is 205 g/mol.